The summed E-state index contributed by atoms with van der Waals surface area (Å²) in [4.78, 5) is 32.4. The first-order valence-electron chi connectivity index (χ1n) is 8.62. The van der Waals surface area contributed by atoms with Crippen LogP contribution in [0.4, 0.5) is 0 Å². The maximum absolute atomic E-state index is 12.5. The zero-order valence-electron chi connectivity index (χ0n) is 15.4. The first kappa shape index (κ1) is 19.7. The molecule has 1 aliphatic rings. The number of carbonyl (C=O) groups is 2. The molecule has 8 nitrogen and oxygen atoms in total. The van der Waals surface area contributed by atoms with Gasteiger partial charge in [-0.1, -0.05) is 18.7 Å². The Bertz CT molecular complexity index is 591. The third-order valence-electron chi connectivity index (χ3n) is 4.32. The number of amides is 2. The summed E-state index contributed by atoms with van der Waals surface area (Å²) in [6.07, 6.45) is 1.73. The summed E-state index contributed by atoms with van der Waals surface area (Å²) < 4.78 is 0. The number of aryl methyl sites for hydroxylation is 1. The molecule has 1 saturated heterocycles. The SMILES string of the molecule is CC[C@@H]1CN(C(=O)CSc2n[nH]c(C)n2)CC[C@@H]1NC(=O)CN(C)C. The molecule has 1 aromatic heterocycles. The number of aromatic amines is 1. The van der Waals surface area contributed by atoms with Crippen molar-refractivity contribution >= 4 is 23.6 Å². The normalized spacial score (nSPS) is 20.8. The molecule has 0 radical (unpaired) electrons. The van der Waals surface area contributed by atoms with E-state index in [1.165, 1.54) is 11.8 Å². The van der Waals surface area contributed by atoms with Gasteiger partial charge in [0.25, 0.3) is 0 Å². The fraction of sp³-hybridized carbons (Fsp3) is 0.750. The Labute approximate surface area is 153 Å². The van der Waals surface area contributed by atoms with Crippen LogP contribution in [0.15, 0.2) is 5.16 Å². The molecule has 140 valence electrons. The molecule has 9 heteroatoms. The third kappa shape index (κ3) is 6.00. The number of hydrogen-bond donors (Lipinski definition) is 2. The number of likely N-dealkylation sites (tertiary alicyclic amines) is 1. The number of hydrogen-bond acceptors (Lipinski definition) is 6. The Kier molecular flexibility index (Phi) is 7.24. The number of H-pyrrole nitrogens is 1. The average Bonchev–Trinajstić information content (AvgIpc) is 2.97. The van der Waals surface area contributed by atoms with Crippen molar-refractivity contribution in [3.8, 4) is 0 Å². The molecule has 0 aliphatic carbocycles. The molecule has 0 aromatic carbocycles. The van der Waals surface area contributed by atoms with E-state index in [9.17, 15) is 9.59 Å². The molecule has 1 fully saturated rings. The van der Waals surface area contributed by atoms with Crippen LogP contribution in [-0.2, 0) is 9.59 Å². The van der Waals surface area contributed by atoms with E-state index in [0.717, 1.165) is 18.7 Å². The van der Waals surface area contributed by atoms with E-state index in [4.69, 9.17) is 0 Å². The molecule has 0 unspecified atom stereocenters. The Morgan fingerprint density at radius 3 is 2.80 bits per heavy atom. The number of aromatic nitrogens is 3. The smallest absolute Gasteiger partial charge is 0.234 e. The monoisotopic (exact) mass is 368 g/mol. The predicted molar refractivity (Wildman–Crippen MR) is 97.3 cm³/mol. The van der Waals surface area contributed by atoms with E-state index in [1.54, 1.807) is 0 Å². The molecule has 0 spiro atoms. The van der Waals surface area contributed by atoms with Crippen molar-refractivity contribution in [1.82, 2.24) is 30.3 Å². The van der Waals surface area contributed by atoms with Crippen molar-refractivity contribution in [3.05, 3.63) is 5.82 Å². The summed E-state index contributed by atoms with van der Waals surface area (Å²) in [6.45, 7) is 5.70. The minimum absolute atomic E-state index is 0.0451. The highest BCUT2D eigenvalue weighted by atomic mass is 32.2. The van der Waals surface area contributed by atoms with Crippen LogP contribution >= 0.6 is 11.8 Å². The van der Waals surface area contributed by atoms with Crippen molar-refractivity contribution in [3.63, 3.8) is 0 Å². The van der Waals surface area contributed by atoms with Crippen LogP contribution < -0.4 is 5.32 Å². The number of nitrogens with one attached hydrogen (secondary N) is 2. The lowest BCUT2D eigenvalue weighted by molar-refractivity contribution is -0.131. The van der Waals surface area contributed by atoms with Gasteiger partial charge in [0.15, 0.2) is 0 Å². The van der Waals surface area contributed by atoms with Crippen LogP contribution in [0.25, 0.3) is 0 Å². The van der Waals surface area contributed by atoms with Crippen LogP contribution in [0.3, 0.4) is 0 Å². The van der Waals surface area contributed by atoms with Crippen LogP contribution in [0.2, 0.25) is 0 Å². The Hall–Kier alpha value is -1.61. The van der Waals surface area contributed by atoms with Crippen molar-refractivity contribution in [2.45, 2.75) is 37.9 Å². The molecule has 2 atom stereocenters. The van der Waals surface area contributed by atoms with E-state index < -0.39 is 0 Å². The molecule has 0 bridgehead atoms. The van der Waals surface area contributed by atoms with Crippen molar-refractivity contribution in [2.24, 2.45) is 5.92 Å². The molecule has 2 heterocycles. The second-order valence-electron chi connectivity index (χ2n) is 6.70. The van der Waals surface area contributed by atoms with Gasteiger partial charge in [-0.25, -0.2) is 4.98 Å². The molecule has 1 aliphatic heterocycles. The maximum atomic E-state index is 12.5. The van der Waals surface area contributed by atoms with Gasteiger partial charge in [-0.15, -0.1) is 5.10 Å². The van der Waals surface area contributed by atoms with Gasteiger partial charge in [-0.2, -0.15) is 0 Å². The van der Waals surface area contributed by atoms with E-state index in [0.29, 0.717) is 36.5 Å². The van der Waals surface area contributed by atoms with E-state index in [2.05, 4.69) is 27.4 Å². The largest absolute Gasteiger partial charge is 0.352 e. The Morgan fingerprint density at radius 2 is 2.20 bits per heavy atom. The van der Waals surface area contributed by atoms with E-state index >= 15 is 0 Å². The Morgan fingerprint density at radius 1 is 1.44 bits per heavy atom. The van der Waals surface area contributed by atoms with Gasteiger partial charge < -0.3 is 15.1 Å². The van der Waals surface area contributed by atoms with Gasteiger partial charge in [0.1, 0.15) is 5.82 Å². The van der Waals surface area contributed by atoms with Gasteiger partial charge in [0.2, 0.25) is 17.0 Å². The summed E-state index contributed by atoms with van der Waals surface area (Å²) in [5, 5.41) is 10.5. The highest BCUT2D eigenvalue weighted by Crippen LogP contribution is 2.22. The molecular weight excluding hydrogens is 340 g/mol. The van der Waals surface area contributed by atoms with Crippen LogP contribution in [0.5, 0.6) is 0 Å². The number of piperidine rings is 1. The van der Waals surface area contributed by atoms with E-state index in [-0.39, 0.29) is 17.9 Å². The van der Waals surface area contributed by atoms with Gasteiger partial charge in [0, 0.05) is 19.1 Å². The Balaban J connectivity index is 1.83. The third-order valence-corrected chi connectivity index (χ3v) is 5.15. The van der Waals surface area contributed by atoms with Crippen LogP contribution in [-0.4, -0.2) is 82.3 Å². The molecule has 2 rings (SSSR count). The second kappa shape index (κ2) is 9.19. The topological polar surface area (TPSA) is 94.2 Å². The standard InChI is InChI=1S/C16H28N6O2S/c1-5-12-8-22(7-6-13(12)18-14(23)9-21(3)4)15(24)10-25-16-17-11(2)19-20-16/h12-13H,5-10H2,1-4H3,(H,18,23)(H,17,19,20)/t12-,13+/m1/s1. The average molecular weight is 369 g/mol. The lowest BCUT2D eigenvalue weighted by Gasteiger charge is -2.38. The lowest BCUT2D eigenvalue weighted by atomic mass is 9.90. The molecular formula is C16H28N6O2S. The van der Waals surface area contributed by atoms with Gasteiger partial charge in [-0.05, 0) is 39.8 Å². The minimum Gasteiger partial charge on any atom is -0.352 e. The quantitative estimate of drug-likeness (QED) is 0.681. The van der Waals surface area contributed by atoms with Crippen molar-refractivity contribution < 1.29 is 9.59 Å². The highest BCUT2D eigenvalue weighted by Gasteiger charge is 2.31. The fourth-order valence-corrected chi connectivity index (χ4v) is 3.75. The molecule has 1 aromatic rings. The maximum Gasteiger partial charge on any atom is 0.234 e. The van der Waals surface area contributed by atoms with Gasteiger partial charge in [-0.3, -0.25) is 14.7 Å². The molecule has 2 amide bonds. The van der Waals surface area contributed by atoms with Crippen molar-refractivity contribution in [2.75, 3.05) is 39.5 Å². The summed E-state index contributed by atoms with van der Waals surface area (Å²) in [5.74, 6) is 1.52. The van der Waals surface area contributed by atoms with Crippen LogP contribution in [0, 0.1) is 12.8 Å². The van der Waals surface area contributed by atoms with Gasteiger partial charge in [0.05, 0.1) is 12.3 Å². The first-order valence-corrected chi connectivity index (χ1v) is 9.61. The van der Waals surface area contributed by atoms with E-state index in [1.807, 2.05) is 30.8 Å². The first-order chi connectivity index (χ1) is 11.9. The number of carbonyl (C=O) groups excluding carboxylic acids is 2. The fourth-order valence-electron chi connectivity index (χ4n) is 3.01. The summed E-state index contributed by atoms with van der Waals surface area (Å²) in [7, 11) is 3.76. The molecule has 25 heavy (non-hydrogen) atoms. The second-order valence-corrected chi connectivity index (χ2v) is 7.64. The lowest BCUT2D eigenvalue weighted by Crippen LogP contribution is -2.53. The highest BCUT2D eigenvalue weighted by molar-refractivity contribution is 7.99. The van der Waals surface area contributed by atoms with Gasteiger partial charge >= 0.3 is 0 Å². The molecule has 2 N–H and O–H groups in total. The zero-order chi connectivity index (χ0) is 18.4. The zero-order valence-corrected chi connectivity index (χ0v) is 16.2. The summed E-state index contributed by atoms with van der Waals surface area (Å²) in [5.41, 5.74) is 0. The number of likely N-dealkylation sites (N-methyl/N-ethyl adjacent to an activating group) is 1. The summed E-state index contributed by atoms with van der Waals surface area (Å²) >= 11 is 1.35. The molecule has 0 saturated carbocycles. The number of rotatable bonds is 7. The van der Waals surface area contributed by atoms with Crippen LogP contribution in [0.1, 0.15) is 25.6 Å². The predicted octanol–water partition coefficient (Wildman–Crippen LogP) is 0.510. The number of nitrogens with zero attached hydrogens (tertiary/aromatic N) is 4. The summed E-state index contributed by atoms with van der Waals surface area (Å²) in [6, 6.07) is 0.143. The minimum atomic E-state index is 0.0451. The van der Waals surface area contributed by atoms with Crippen molar-refractivity contribution in [1.29, 1.82) is 0 Å². The number of thioether (sulfide) groups is 1.